The van der Waals surface area contributed by atoms with E-state index in [1.807, 2.05) is 43.3 Å². The van der Waals surface area contributed by atoms with Crippen LogP contribution < -0.4 is 10.5 Å². The van der Waals surface area contributed by atoms with Crippen molar-refractivity contribution >= 4 is 17.7 Å². The summed E-state index contributed by atoms with van der Waals surface area (Å²) in [6.45, 7) is 1.85. The van der Waals surface area contributed by atoms with Gasteiger partial charge in [0.25, 0.3) is 0 Å². The van der Waals surface area contributed by atoms with Crippen molar-refractivity contribution in [2.24, 2.45) is 5.73 Å². The van der Waals surface area contributed by atoms with Gasteiger partial charge in [-0.05, 0) is 30.2 Å². The summed E-state index contributed by atoms with van der Waals surface area (Å²) in [5, 5.41) is 0.624. The van der Waals surface area contributed by atoms with Crippen LogP contribution in [-0.2, 0) is 0 Å². The van der Waals surface area contributed by atoms with Crippen LogP contribution in [0.15, 0.2) is 42.5 Å². The second-order valence-electron chi connectivity index (χ2n) is 3.88. The number of benzene rings is 2. The van der Waals surface area contributed by atoms with E-state index in [1.165, 1.54) is 0 Å². The van der Waals surface area contributed by atoms with E-state index in [9.17, 15) is 4.79 Å². The highest BCUT2D eigenvalue weighted by Crippen LogP contribution is 2.33. The van der Waals surface area contributed by atoms with Gasteiger partial charge in [0, 0.05) is 10.6 Å². The van der Waals surface area contributed by atoms with Gasteiger partial charge in [-0.3, -0.25) is 0 Å². The largest absolute Gasteiger partial charge is 0.410 e. The van der Waals surface area contributed by atoms with Crippen LogP contribution in [0.4, 0.5) is 4.79 Å². The van der Waals surface area contributed by atoms with Gasteiger partial charge in [-0.15, -0.1) is 0 Å². The summed E-state index contributed by atoms with van der Waals surface area (Å²) in [6.07, 6.45) is -0.826. The van der Waals surface area contributed by atoms with E-state index < -0.39 is 6.09 Å². The molecule has 1 amide bonds. The normalized spacial score (nSPS) is 10.1. The second-order valence-corrected chi connectivity index (χ2v) is 4.32. The van der Waals surface area contributed by atoms with Crippen molar-refractivity contribution < 1.29 is 9.53 Å². The number of hydrogen-bond acceptors (Lipinski definition) is 2. The summed E-state index contributed by atoms with van der Waals surface area (Å²) in [5.41, 5.74) is 7.59. The number of nitrogens with two attached hydrogens (primary N) is 1. The molecule has 0 aliphatic heterocycles. The lowest BCUT2D eigenvalue weighted by molar-refractivity contribution is 0.211. The molecule has 0 atom stereocenters. The highest BCUT2D eigenvalue weighted by atomic mass is 35.5. The number of carbonyl (C=O) groups excluding carboxylic acids is 1. The maximum absolute atomic E-state index is 10.9. The Balaban J connectivity index is 2.56. The standard InChI is InChI=1S/C14H12ClNO2/c1-9-4-2-7-12(13(9)18-14(16)17)10-5-3-6-11(15)8-10/h2-8H,1H3,(H2,16,17). The molecule has 2 rings (SSSR count). The van der Waals surface area contributed by atoms with Crippen molar-refractivity contribution in [2.45, 2.75) is 6.92 Å². The van der Waals surface area contributed by atoms with Crippen LogP contribution >= 0.6 is 11.6 Å². The number of para-hydroxylation sites is 1. The average molecular weight is 262 g/mol. The van der Waals surface area contributed by atoms with Crippen molar-refractivity contribution in [1.29, 1.82) is 0 Å². The molecule has 0 bridgehead atoms. The summed E-state index contributed by atoms with van der Waals surface area (Å²) in [5.74, 6) is 0.465. The van der Waals surface area contributed by atoms with Crippen molar-refractivity contribution in [3.8, 4) is 16.9 Å². The number of halogens is 1. The van der Waals surface area contributed by atoms with Gasteiger partial charge < -0.3 is 10.5 Å². The minimum absolute atomic E-state index is 0.465. The third-order valence-corrected chi connectivity index (χ3v) is 2.79. The highest BCUT2D eigenvalue weighted by Gasteiger charge is 2.11. The van der Waals surface area contributed by atoms with Gasteiger partial charge in [0.05, 0.1) is 0 Å². The zero-order chi connectivity index (χ0) is 13.1. The van der Waals surface area contributed by atoms with Gasteiger partial charge in [0.2, 0.25) is 0 Å². The first-order valence-corrected chi connectivity index (χ1v) is 5.78. The zero-order valence-corrected chi connectivity index (χ0v) is 10.6. The van der Waals surface area contributed by atoms with Crippen molar-refractivity contribution in [1.82, 2.24) is 0 Å². The first-order chi connectivity index (χ1) is 8.58. The fourth-order valence-corrected chi connectivity index (χ4v) is 1.96. The summed E-state index contributed by atoms with van der Waals surface area (Å²) >= 11 is 5.96. The van der Waals surface area contributed by atoms with Crippen LogP contribution in [0.2, 0.25) is 5.02 Å². The first-order valence-electron chi connectivity index (χ1n) is 5.41. The van der Waals surface area contributed by atoms with E-state index >= 15 is 0 Å². The lowest BCUT2D eigenvalue weighted by Crippen LogP contribution is -2.17. The quantitative estimate of drug-likeness (QED) is 0.895. The van der Waals surface area contributed by atoms with E-state index in [1.54, 1.807) is 6.07 Å². The Morgan fingerprint density at radius 3 is 2.61 bits per heavy atom. The first kappa shape index (κ1) is 12.5. The zero-order valence-electron chi connectivity index (χ0n) is 9.81. The number of amides is 1. The molecule has 2 aromatic carbocycles. The average Bonchev–Trinajstić information content (AvgIpc) is 2.31. The highest BCUT2D eigenvalue weighted by molar-refractivity contribution is 6.30. The van der Waals surface area contributed by atoms with Gasteiger partial charge in [-0.1, -0.05) is 41.9 Å². The maximum Gasteiger partial charge on any atom is 0.409 e. The molecule has 0 aromatic heterocycles. The maximum atomic E-state index is 10.9. The van der Waals surface area contributed by atoms with Gasteiger partial charge >= 0.3 is 6.09 Å². The number of primary amides is 1. The Morgan fingerprint density at radius 2 is 1.94 bits per heavy atom. The number of carbonyl (C=O) groups is 1. The third-order valence-electron chi connectivity index (χ3n) is 2.55. The molecule has 0 spiro atoms. The van der Waals surface area contributed by atoms with Gasteiger partial charge in [0.15, 0.2) is 0 Å². The third kappa shape index (κ3) is 2.63. The summed E-state index contributed by atoms with van der Waals surface area (Å²) in [6, 6.07) is 12.9. The summed E-state index contributed by atoms with van der Waals surface area (Å²) in [7, 11) is 0. The molecule has 0 aliphatic carbocycles. The lowest BCUT2D eigenvalue weighted by Gasteiger charge is -2.11. The van der Waals surface area contributed by atoms with E-state index in [0.717, 1.165) is 16.7 Å². The number of ether oxygens (including phenoxy) is 1. The summed E-state index contributed by atoms with van der Waals surface area (Å²) < 4.78 is 5.07. The predicted molar refractivity (Wildman–Crippen MR) is 71.8 cm³/mol. The Morgan fingerprint density at radius 1 is 1.22 bits per heavy atom. The van der Waals surface area contributed by atoms with E-state index in [4.69, 9.17) is 22.1 Å². The molecule has 0 heterocycles. The molecule has 0 aliphatic rings. The van der Waals surface area contributed by atoms with Gasteiger partial charge in [-0.2, -0.15) is 0 Å². The minimum atomic E-state index is -0.826. The molecule has 18 heavy (non-hydrogen) atoms. The van der Waals surface area contributed by atoms with Crippen molar-refractivity contribution in [3.63, 3.8) is 0 Å². The SMILES string of the molecule is Cc1cccc(-c2cccc(Cl)c2)c1OC(N)=O. The second kappa shape index (κ2) is 5.10. The fourth-order valence-electron chi connectivity index (χ4n) is 1.77. The van der Waals surface area contributed by atoms with Gasteiger partial charge in [-0.25, -0.2) is 4.79 Å². The number of rotatable bonds is 2. The molecule has 0 saturated carbocycles. The molecule has 0 unspecified atom stereocenters. The van der Waals surface area contributed by atoms with Crippen LogP contribution in [0.5, 0.6) is 5.75 Å². The van der Waals surface area contributed by atoms with E-state index in [-0.39, 0.29) is 0 Å². The van der Waals surface area contributed by atoms with Crippen molar-refractivity contribution in [3.05, 3.63) is 53.1 Å². The van der Waals surface area contributed by atoms with Crippen LogP contribution in [0, 0.1) is 6.92 Å². The van der Waals surface area contributed by atoms with Crippen LogP contribution in [0.3, 0.4) is 0 Å². The molecular weight excluding hydrogens is 250 g/mol. The molecule has 0 radical (unpaired) electrons. The number of hydrogen-bond donors (Lipinski definition) is 1. The van der Waals surface area contributed by atoms with E-state index in [2.05, 4.69) is 0 Å². The molecular formula is C14H12ClNO2. The molecule has 0 fully saturated rings. The Hall–Kier alpha value is -2.00. The predicted octanol–water partition coefficient (Wildman–Crippen LogP) is 3.77. The van der Waals surface area contributed by atoms with Crippen LogP contribution in [0.1, 0.15) is 5.56 Å². The van der Waals surface area contributed by atoms with Crippen LogP contribution in [0.25, 0.3) is 11.1 Å². The van der Waals surface area contributed by atoms with E-state index in [0.29, 0.717) is 10.8 Å². The number of aryl methyl sites for hydroxylation is 1. The molecule has 4 heteroatoms. The molecule has 2 aromatic rings. The van der Waals surface area contributed by atoms with Crippen molar-refractivity contribution in [2.75, 3.05) is 0 Å². The Kier molecular flexibility index (Phi) is 3.53. The molecule has 0 saturated heterocycles. The molecule has 92 valence electrons. The monoisotopic (exact) mass is 261 g/mol. The Labute approximate surface area is 110 Å². The fraction of sp³-hybridized carbons (Fsp3) is 0.0714. The minimum Gasteiger partial charge on any atom is -0.410 e. The van der Waals surface area contributed by atoms with Crippen LogP contribution in [-0.4, -0.2) is 6.09 Å². The smallest absolute Gasteiger partial charge is 0.409 e. The lowest BCUT2D eigenvalue weighted by atomic mass is 10.0. The topological polar surface area (TPSA) is 52.3 Å². The summed E-state index contributed by atoms with van der Waals surface area (Å²) in [4.78, 5) is 10.9. The molecule has 3 nitrogen and oxygen atoms in total. The molecule has 2 N–H and O–H groups in total. The van der Waals surface area contributed by atoms with Gasteiger partial charge in [0.1, 0.15) is 5.75 Å². The Bertz CT molecular complexity index is 596.